The molecule has 0 aromatic carbocycles. The number of piperidine rings is 1. The van der Waals surface area contributed by atoms with Crippen molar-refractivity contribution < 1.29 is 23.2 Å². The van der Waals surface area contributed by atoms with Crippen LogP contribution in [0.15, 0.2) is 28.3 Å². The average Bonchev–Trinajstić information content (AvgIpc) is 3.55. The molecule has 3 saturated heterocycles. The number of alkyl halides is 2. The highest BCUT2D eigenvalue weighted by Crippen LogP contribution is 2.22. The number of piperazine rings is 1. The van der Waals surface area contributed by atoms with Crippen molar-refractivity contribution in [1.29, 1.82) is 0 Å². The molecule has 0 radical (unpaired) electrons. The molecular weight excluding hydrogens is 574 g/mol. The van der Waals surface area contributed by atoms with Gasteiger partial charge in [0.05, 0.1) is 18.8 Å². The van der Waals surface area contributed by atoms with Crippen LogP contribution in [-0.4, -0.2) is 144 Å². The van der Waals surface area contributed by atoms with Gasteiger partial charge in [-0.2, -0.15) is 0 Å². The quantitative estimate of drug-likeness (QED) is 0.232. The van der Waals surface area contributed by atoms with Crippen molar-refractivity contribution in [3.05, 3.63) is 29.6 Å². The van der Waals surface area contributed by atoms with E-state index in [9.17, 15) is 23.2 Å². The first-order valence-corrected chi connectivity index (χ1v) is 15.0. The van der Waals surface area contributed by atoms with Crippen molar-refractivity contribution in [3.8, 4) is 0 Å². The number of likely N-dealkylation sites (N-methyl/N-ethyl adjacent to an activating group) is 1. The number of halogens is 2. The number of carbonyl (C=O) groups is 3. The summed E-state index contributed by atoms with van der Waals surface area (Å²) in [7, 11) is 1.64. The highest BCUT2D eigenvalue weighted by atomic mass is 19.3. The summed E-state index contributed by atoms with van der Waals surface area (Å²) >= 11 is 0. The third-order valence-corrected chi connectivity index (χ3v) is 8.31. The Kier molecular flexibility index (Phi) is 11.8. The SMILES string of the molecule is C=N/C(=N\CN1CCN(C(=O)CN(C)C(=O)C2CCN(C(=O)/C=C/CN3CCCC3)CC2)CC1)c1cnc(N)nc1C(F)F. The largest absolute Gasteiger partial charge is 0.368 e. The first kappa shape index (κ1) is 33.1. The monoisotopic (exact) mass is 616 g/mol. The average molecular weight is 617 g/mol. The topological polar surface area (TPSA) is 144 Å². The Morgan fingerprint density at radius 1 is 1.07 bits per heavy atom. The Balaban J connectivity index is 1.18. The maximum atomic E-state index is 13.4. The van der Waals surface area contributed by atoms with Crippen LogP contribution >= 0.6 is 0 Å². The Bertz CT molecular complexity index is 1240. The van der Waals surface area contributed by atoms with Crippen LogP contribution in [0.5, 0.6) is 0 Å². The summed E-state index contributed by atoms with van der Waals surface area (Å²) < 4.78 is 26.9. The number of likely N-dealkylation sites (tertiary alicyclic amines) is 2. The number of aromatic nitrogens is 2. The van der Waals surface area contributed by atoms with Gasteiger partial charge in [0.15, 0.2) is 5.84 Å². The van der Waals surface area contributed by atoms with E-state index in [4.69, 9.17) is 5.73 Å². The number of carbonyl (C=O) groups excluding carboxylic acids is 3. The summed E-state index contributed by atoms with van der Waals surface area (Å²) in [5, 5.41) is 0. The lowest BCUT2D eigenvalue weighted by molar-refractivity contribution is -0.144. The maximum absolute atomic E-state index is 13.4. The predicted molar refractivity (Wildman–Crippen MR) is 162 cm³/mol. The van der Waals surface area contributed by atoms with Gasteiger partial charge < -0.3 is 20.4 Å². The summed E-state index contributed by atoms with van der Waals surface area (Å²) in [5.74, 6) is -0.740. The number of nitrogens with two attached hydrogens (primary N) is 1. The first-order chi connectivity index (χ1) is 21.2. The smallest absolute Gasteiger partial charge is 0.281 e. The minimum atomic E-state index is -2.88. The predicted octanol–water partition coefficient (Wildman–Crippen LogP) is 0.894. The molecule has 0 aliphatic carbocycles. The molecule has 1 aromatic rings. The van der Waals surface area contributed by atoms with Gasteiger partial charge in [-0.25, -0.2) is 23.7 Å². The van der Waals surface area contributed by atoms with E-state index in [1.54, 1.807) is 22.9 Å². The van der Waals surface area contributed by atoms with E-state index in [2.05, 4.69) is 31.6 Å². The summed E-state index contributed by atoms with van der Waals surface area (Å²) in [6.07, 6.45) is 5.42. The number of aliphatic imine (C=N–C) groups is 2. The van der Waals surface area contributed by atoms with E-state index < -0.39 is 12.1 Å². The molecule has 0 spiro atoms. The van der Waals surface area contributed by atoms with Crippen molar-refractivity contribution in [2.45, 2.75) is 32.1 Å². The zero-order valence-corrected chi connectivity index (χ0v) is 25.3. The number of anilines is 1. The number of amidine groups is 1. The van der Waals surface area contributed by atoms with Crippen LogP contribution in [0.3, 0.4) is 0 Å². The summed E-state index contributed by atoms with van der Waals surface area (Å²) in [4.78, 5) is 63.3. The van der Waals surface area contributed by atoms with Crippen molar-refractivity contribution in [2.75, 3.05) is 84.9 Å². The molecule has 0 bridgehead atoms. The van der Waals surface area contributed by atoms with Crippen LogP contribution in [0.2, 0.25) is 0 Å². The molecule has 3 aliphatic heterocycles. The fraction of sp³-hybridized carbons (Fsp3) is 0.621. The van der Waals surface area contributed by atoms with Crippen LogP contribution in [0.1, 0.15) is 43.4 Å². The molecule has 4 rings (SSSR count). The van der Waals surface area contributed by atoms with E-state index in [0.717, 1.165) is 25.8 Å². The van der Waals surface area contributed by atoms with E-state index in [1.165, 1.54) is 17.7 Å². The third kappa shape index (κ3) is 8.85. The molecule has 0 saturated carbocycles. The lowest BCUT2D eigenvalue weighted by Gasteiger charge is -2.36. The zero-order valence-electron chi connectivity index (χ0n) is 25.3. The van der Waals surface area contributed by atoms with Crippen molar-refractivity contribution in [3.63, 3.8) is 0 Å². The molecule has 2 N–H and O–H groups in total. The van der Waals surface area contributed by atoms with Gasteiger partial charge in [-0.15, -0.1) is 0 Å². The molecule has 0 unspecified atom stereocenters. The van der Waals surface area contributed by atoms with Gasteiger partial charge in [0.25, 0.3) is 6.43 Å². The van der Waals surface area contributed by atoms with E-state index in [0.29, 0.717) is 52.1 Å². The fourth-order valence-electron chi connectivity index (χ4n) is 5.69. The number of amides is 3. The Morgan fingerprint density at radius 2 is 1.75 bits per heavy atom. The number of rotatable bonds is 10. The molecule has 4 heterocycles. The molecule has 3 amide bonds. The van der Waals surface area contributed by atoms with Gasteiger partial charge in [0.2, 0.25) is 23.7 Å². The number of nitrogen functional groups attached to an aromatic ring is 1. The van der Waals surface area contributed by atoms with Crippen LogP contribution in [0, 0.1) is 5.92 Å². The molecule has 15 heteroatoms. The van der Waals surface area contributed by atoms with Gasteiger partial charge >= 0.3 is 0 Å². The normalized spacial score (nSPS) is 19.2. The minimum Gasteiger partial charge on any atom is -0.368 e. The fourth-order valence-corrected chi connectivity index (χ4v) is 5.69. The molecule has 0 atom stereocenters. The lowest BCUT2D eigenvalue weighted by atomic mass is 9.95. The zero-order chi connectivity index (χ0) is 31.6. The van der Waals surface area contributed by atoms with Crippen molar-refractivity contribution in [2.24, 2.45) is 15.9 Å². The third-order valence-electron chi connectivity index (χ3n) is 8.31. The number of hydrogen-bond donors (Lipinski definition) is 1. The van der Waals surface area contributed by atoms with Crippen LogP contribution in [-0.2, 0) is 14.4 Å². The molecule has 240 valence electrons. The van der Waals surface area contributed by atoms with Crippen LogP contribution < -0.4 is 5.73 Å². The molecule has 44 heavy (non-hydrogen) atoms. The molecular formula is C29H42F2N10O3. The van der Waals surface area contributed by atoms with E-state index in [-0.39, 0.29) is 54.2 Å². The van der Waals surface area contributed by atoms with Gasteiger partial charge in [0, 0.05) is 71.1 Å². The standard InChI is InChI=1S/C29H42F2N10O3/c1-33-27(22-18-34-29(32)36-25(22)26(30)31)35-20-39-14-16-41(17-15-39)24(43)19-37(2)28(44)21-7-12-40(13-8-21)23(42)6-5-11-38-9-3-4-10-38/h5-6,18,21,26H,1,3-4,7-17,19-20H2,2H3,(H2,32,34,36)/b6-5+,35-27-. The number of nitrogens with zero attached hydrogens (tertiary/aromatic N) is 9. The van der Waals surface area contributed by atoms with Gasteiger partial charge in [-0.05, 0) is 45.5 Å². The van der Waals surface area contributed by atoms with E-state index in [1.807, 2.05) is 11.0 Å². The maximum Gasteiger partial charge on any atom is 0.281 e. The highest BCUT2D eigenvalue weighted by molar-refractivity contribution is 6.02. The van der Waals surface area contributed by atoms with Crippen LogP contribution in [0.25, 0.3) is 0 Å². The molecule has 13 nitrogen and oxygen atoms in total. The van der Waals surface area contributed by atoms with Crippen LogP contribution in [0.4, 0.5) is 14.7 Å². The summed E-state index contributed by atoms with van der Waals surface area (Å²) in [5.41, 5.74) is 4.85. The summed E-state index contributed by atoms with van der Waals surface area (Å²) in [6, 6.07) is 0. The molecule has 1 aromatic heterocycles. The molecule has 3 fully saturated rings. The highest BCUT2D eigenvalue weighted by Gasteiger charge is 2.30. The van der Waals surface area contributed by atoms with Crippen molar-refractivity contribution in [1.82, 2.24) is 34.5 Å². The Hall–Kier alpha value is -3.85. The van der Waals surface area contributed by atoms with Gasteiger partial charge in [0.1, 0.15) is 5.69 Å². The second-order valence-electron chi connectivity index (χ2n) is 11.3. The van der Waals surface area contributed by atoms with Gasteiger partial charge in [-0.3, -0.25) is 29.2 Å². The van der Waals surface area contributed by atoms with Gasteiger partial charge in [-0.1, -0.05) is 6.08 Å². The number of hydrogen-bond acceptors (Lipinski definition) is 9. The second kappa shape index (κ2) is 15.7. The van der Waals surface area contributed by atoms with Crippen molar-refractivity contribution >= 4 is 36.2 Å². The lowest BCUT2D eigenvalue weighted by Crippen LogP contribution is -2.52. The Labute approximate surface area is 256 Å². The first-order valence-electron chi connectivity index (χ1n) is 15.0. The van der Waals surface area contributed by atoms with E-state index >= 15 is 0 Å². The Morgan fingerprint density at radius 3 is 2.39 bits per heavy atom. The molecule has 3 aliphatic rings. The summed E-state index contributed by atoms with van der Waals surface area (Å²) in [6.45, 7) is 9.47. The second-order valence-corrected chi connectivity index (χ2v) is 11.3. The minimum absolute atomic E-state index is 0.0110.